The van der Waals surface area contributed by atoms with E-state index < -0.39 is 40.7 Å². The molecule has 2 aromatic rings. The summed E-state index contributed by atoms with van der Waals surface area (Å²) >= 11 is 1.26. The minimum absolute atomic E-state index is 0.297. The largest absolute Gasteiger partial charge is 0.320 e. The van der Waals surface area contributed by atoms with Gasteiger partial charge in [-0.2, -0.15) is 0 Å². The van der Waals surface area contributed by atoms with Gasteiger partial charge in [0.15, 0.2) is 23.3 Å². The summed E-state index contributed by atoms with van der Waals surface area (Å²) in [5, 5.41) is 1.51. The number of rotatable bonds is 2. The highest BCUT2D eigenvalue weighted by Gasteiger charge is 2.29. The first kappa shape index (κ1) is 14.0. The van der Waals surface area contributed by atoms with Crippen LogP contribution < -0.4 is 5.73 Å². The molecule has 2 N–H and O–H groups in total. The Hall–Kier alpha value is -1.47. The normalized spacial score (nSPS) is 12.8. The van der Waals surface area contributed by atoms with E-state index in [1.54, 1.807) is 6.92 Å². The van der Waals surface area contributed by atoms with E-state index in [0.717, 1.165) is 4.88 Å². The summed E-state index contributed by atoms with van der Waals surface area (Å²) < 4.78 is 66.1. The maximum atomic E-state index is 13.5. The number of aryl methyl sites for hydroxylation is 1. The third-order valence-corrected chi connectivity index (χ3v) is 3.54. The Balaban J connectivity index is 2.63. The van der Waals surface area contributed by atoms with Gasteiger partial charge in [-0.15, -0.1) is 11.3 Å². The van der Waals surface area contributed by atoms with Crippen molar-refractivity contribution in [2.45, 2.75) is 13.0 Å². The molecule has 0 radical (unpaired) electrons. The number of halogens is 5. The lowest BCUT2D eigenvalue weighted by Crippen LogP contribution is -2.18. The van der Waals surface area contributed by atoms with Gasteiger partial charge >= 0.3 is 0 Å². The van der Waals surface area contributed by atoms with Crippen LogP contribution in [0, 0.1) is 36.0 Å². The standard InChI is InChI=1S/C12H8F5NS/c1-4-2-5(3-19-4)12(18)6-7(13)9(15)11(17)10(16)8(6)14/h2-3,12H,18H2,1H3. The summed E-state index contributed by atoms with van der Waals surface area (Å²) in [6, 6.07) is 0.127. The van der Waals surface area contributed by atoms with E-state index >= 15 is 0 Å². The number of hydrogen-bond donors (Lipinski definition) is 1. The Labute approximate surface area is 109 Å². The van der Waals surface area contributed by atoms with E-state index in [9.17, 15) is 22.0 Å². The van der Waals surface area contributed by atoms with Crippen molar-refractivity contribution in [1.82, 2.24) is 0 Å². The SMILES string of the molecule is Cc1cc(C(N)c2c(F)c(F)c(F)c(F)c2F)cs1. The Morgan fingerprint density at radius 2 is 1.42 bits per heavy atom. The molecule has 0 aliphatic heterocycles. The van der Waals surface area contributed by atoms with Crippen molar-refractivity contribution in [2.75, 3.05) is 0 Å². The molecule has 1 nitrogen and oxygen atoms in total. The second-order valence-corrected chi connectivity index (χ2v) is 5.07. The van der Waals surface area contributed by atoms with Crippen LogP contribution in [0.1, 0.15) is 22.0 Å². The summed E-state index contributed by atoms with van der Waals surface area (Å²) in [5.41, 5.74) is 4.87. The third kappa shape index (κ3) is 2.23. The molecular weight excluding hydrogens is 285 g/mol. The van der Waals surface area contributed by atoms with Crippen LogP contribution in [0.3, 0.4) is 0 Å². The molecule has 1 aromatic heterocycles. The van der Waals surface area contributed by atoms with Crippen LogP contribution in [0.15, 0.2) is 11.4 Å². The van der Waals surface area contributed by atoms with E-state index in [0.29, 0.717) is 5.56 Å². The fourth-order valence-corrected chi connectivity index (χ4v) is 2.43. The summed E-state index contributed by atoms with van der Waals surface area (Å²) in [7, 11) is 0. The zero-order valence-electron chi connectivity index (χ0n) is 9.61. The van der Waals surface area contributed by atoms with Crippen molar-refractivity contribution in [3.8, 4) is 0 Å². The zero-order valence-corrected chi connectivity index (χ0v) is 10.4. The van der Waals surface area contributed by atoms with E-state index in [1.807, 2.05) is 0 Å². The number of thiophene rings is 1. The highest BCUT2D eigenvalue weighted by atomic mass is 32.1. The van der Waals surface area contributed by atoms with Gasteiger partial charge in [0, 0.05) is 4.88 Å². The van der Waals surface area contributed by atoms with Crippen LogP contribution in [-0.4, -0.2) is 0 Å². The Morgan fingerprint density at radius 1 is 0.947 bits per heavy atom. The van der Waals surface area contributed by atoms with Gasteiger partial charge in [-0.25, -0.2) is 22.0 Å². The summed E-state index contributed by atoms with van der Waals surface area (Å²) in [6.45, 7) is 1.74. The third-order valence-electron chi connectivity index (χ3n) is 2.66. The van der Waals surface area contributed by atoms with Crippen molar-refractivity contribution < 1.29 is 22.0 Å². The van der Waals surface area contributed by atoms with E-state index in [2.05, 4.69) is 0 Å². The van der Waals surface area contributed by atoms with Gasteiger partial charge in [0.05, 0.1) is 11.6 Å². The predicted molar refractivity (Wildman–Crippen MR) is 61.3 cm³/mol. The average molecular weight is 293 g/mol. The van der Waals surface area contributed by atoms with Gasteiger partial charge in [-0.3, -0.25) is 0 Å². The number of benzene rings is 1. The molecule has 0 spiro atoms. The van der Waals surface area contributed by atoms with Crippen LogP contribution in [0.2, 0.25) is 0 Å². The van der Waals surface area contributed by atoms with Crippen LogP contribution in [0.25, 0.3) is 0 Å². The highest BCUT2D eigenvalue weighted by molar-refractivity contribution is 7.10. The molecule has 1 atom stereocenters. The Bertz CT molecular complexity index is 608. The lowest BCUT2D eigenvalue weighted by atomic mass is 10.00. The topological polar surface area (TPSA) is 26.0 Å². The van der Waals surface area contributed by atoms with E-state index in [-0.39, 0.29) is 0 Å². The van der Waals surface area contributed by atoms with Gasteiger partial charge in [0.2, 0.25) is 5.82 Å². The lowest BCUT2D eigenvalue weighted by Gasteiger charge is -2.14. The maximum Gasteiger partial charge on any atom is 0.200 e. The molecule has 1 heterocycles. The van der Waals surface area contributed by atoms with Crippen molar-refractivity contribution >= 4 is 11.3 Å². The van der Waals surface area contributed by atoms with Gasteiger partial charge in [0.25, 0.3) is 0 Å². The molecule has 0 bridgehead atoms. The molecule has 0 aliphatic carbocycles. The van der Waals surface area contributed by atoms with Crippen LogP contribution in [0.4, 0.5) is 22.0 Å². The van der Waals surface area contributed by atoms with Crippen LogP contribution >= 0.6 is 11.3 Å². The second-order valence-electron chi connectivity index (χ2n) is 3.95. The molecule has 1 unspecified atom stereocenters. The average Bonchev–Trinajstić information content (AvgIpc) is 2.81. The molecule has 7 heteroatoms. The molecule has 0 amide bonds. The smallest absolute Gasteiger partial charge is 0.200 e. The van der Waals surface area contributed by atoms with Crippen molar-refractivity contribution in [3.05, 3.63) is 56.5 Å². The van der Waals surface area contributed by atoms with E-state index in [4.69, 9.17) is 5.73 Å². The molecule has 102 valence electrons. The molecule has 0 aliphatic rings. The summed E-state index contributed by atoms with van der Waals surface area (Å²) in [6.07, 6.45) is 0. The molecule has 2 rings (SSSR count). The van der Waals surface area contributed by atoms with Gasteiger partial charge in [-0.05, 0) is 23.9 Å². The first-order chi connectivity index (χ1) is 8.84. The van der Waals surface area contributed by atoms with Crippen LogP contribution in [-0.2, 0) is 0 Å². The van der Waals surface area contributed by atoms with Crippen molar-refractivity contribution in [1.29, 1.82) is 0 Å². The first-order valence-electron chi connectivity index (χ1n) is 5.16. The van der Waals surface area contributed by atoms with Gasteiger partial charge in [0.1, 0.15) is 0 Å². The molecule has 19 heavy (non-hydrogen) atoms. The molecule has 1 aromatic carbocycles. The molecule has 0 saturated heterocycles. The first-order valence-corrected chi connectivity index (χ1v) is 6.04. The fourth-order valence-electron chi connectivity index (χ4n) is 1.69. The Kier molecular flexibility index (Phi) is 3.60. The highest BCUT2D eigenvalue weighted by Crippen LogP contribution is 2.31. The fraction of sp³-hybridized carbons (Fsp3) is 0.167. The predicted octanol–water partition coefficient (Wildman–Crippen LogP) is 3.80. The maximum absolute atomic E-state index is 13.5. The second kappa shape index (κ2) is 4.90. The summed E-state index contributed by atoms with van der Waals surface area (Å²) in [5.74, 6) is -9.96. The van der Waals surface area contributed by atoms with Crippen molar-refractivity contribution in [2.24, 2.45) is 5.73 Å². The molecular formula is C12H8F5NS. The summed E-state index contributed by atoms with van der Waals surface area (Å²) in [4.78, 5) is 0.814. The quantitative estimate of drug-likeness (QED) is 0.509. The Morgan fingerprint density at radius 3 is 1.84 bits per heavy atom. The number of hydrogen-bond acceptors (Lipinski definition) is 2. The van der Waals surface area contributed by atoms with E-state index in [1.165, 1.54) is 22.8 Å². The minimum Gasteiger partial charge on any atom is -0.320 e. The monoisotopic (exact) mass is 293 g/mol. The van der Waals surface area contributed by atoms with Gasteiger partial charge < -0.3 is 5.73 Å². The number of nitrogens with two attached hydrogens (primary N) is 1. The lowest BCUT2D eigenvalue weighted by molar-refractivity contribution is 0.367. The molecule has 0 fully saturated rings. The minimum atomic E-state index is -2.19. The zero-order chi connectivity index (χ0) is 14.3. The molecule has 0 saturated carbocycles. The van der Waals surface area contributed by atoms with Crippen LogP contribution in [0.5, 0.6) is 0 Å². The van der Waals surface area contributed by atoms with Gasteiger partial charge in [-0.1, -0.05) is 0 Å². The van der Waals surface area contributed by atoms with Crippen molar-refractivity contribution in [3.63, 3.8) is 0 Å².